The monoisotopic (exact) mass is 201 g/mol. The standard InChI is InChI=1S/C9H12ClNO2/c10-5-7-9(13-6-11-7)8-3-1-2-4-12-8/h6,8H,1-5H2. The molecule has 3 nitrogen and oxygen atoms in total. The zero-order chi connectivity index (χ0) is 9.10. The van der Waals surface area contributed by atoms with E-state index in [1.165, 1.54) is 12.8 Å². The van der Waals surface area contributed by atoms with Gasteiger partial charge in [0, 0.05) is 6.61 Å². The van der Waals surface area contributed by atoms with Crippen molar-refractivity contribution in [3.63, 3.8) is 0 Å². The van der Waals surface area contributed by atoms with Gasteiger partial charge in [0.15, 0.2) is 12.2 Å². The first-order valence-electron chi connectivity index (χ1n) is 4.51. The number of alkyl halides is 1. The van der Waals surface area contributed by atoms with E-state index in [0.29, 0.717) is 5.88 Å². The van der Waals surface area contributed by atoms with E-state index in [-0.39, 0.29) is 6.10 Å². The first kappa shape index (κ1) is 9.03. The van der Waals surface area contributed by atoms with Gasteiger partial charge in [-0.1, -0.05) is 0 Å². The van der Waals surface area contributed by atoms with Crippen molar-refractivity contribution < 1.29 is 9.15 Å². The van der Waals surface area contributed by atoms with Crippen LogP contribution in [0, 0.1) is 0 Å². The summed E-state index contributed by atoms with van der Waals surface area (Å²) in [6, 6.07) is 0. The van der Waals surface area contributed by atoms with Gasteiger partial charge in [-0.05, 0) is 19.3 Å². The molecule has 0 spiro atoms. The van der Waals surface area contributed by atoms with Gasteiger partial charge in [0.2, 0.25) is 0 Å². The number of hydrogen-bond donors (Lipinski definition) is 0. The fourth-order valence-corrected chi connectivity index (χ4v) is 1.79. The average molecular weight is 202 g/mol. The fourth-order valence-electron chi connectivity index (χ4n) is 1.59. The van der Waals surface area contributed by atoms with Crippen LogP contribution in [0.25, 0.3) is 0 Å². The van der Waals surface area contributed by atoms with Crippen molar-refractivity contribution in [2.24, 2.45) is 0 Å². The Kier molecular flexibility index (Phi) is 2.86. The van der Waals surface area contributed by atoms with Gasteiger partial charge in [-0.15, -0.1) is 11.6 Å². The SMILES string of the molecule is ClCc1ncoc1C1CCCCO1. The summed E-state index contributed by atoms with van der Waals surface area (Å²) in [5.41, 5.74) is 0.813. The van der Waals surface area contributed by atoms with Gasteiger partial charge in [-0.3, -0.25) is 0 Å². The summed E-state index contributed by atoms with van der Waals surface area (Å²) >= 11 is 5.71. The molecule has 1 aliphatic rings. The lowest BCUT2D eigenvalue weighted by atomic mass is 10.1. The van der Waals surface area contributed by atoms with Crippen molar-refractivity contribution in [3.8, 4) is 0 Å². The first-order chi connectivity index (χ1) is 6.42. The van der Waals surface area contributed by atoms with Crippen LogP contribution in [0.3, 0.4) is 0 Å². The molecular formula is C9H12ClNO2. The van der Waals surface area contributed by atoms with Crippen molar-refractivity contribution in [2.75, 3.05) is 6.61 Å². The molecule has 0 aromatic carbocycles. The van der Waals surface area contributed by atoms with Crippen molar-refractivity contribution in [2.45, 2.75) is 31.2 Å². The predicted octanol–water partition coefficient (Wildman–Crippen LogP) is 2.66. The molecule has 1 saturated heterocycles. The Hall–Kier alpha value is -0.540. The summed E-state index contributed by atoms with van der Waals surface area (Å²) in [4.78, 5) is 4.03. The van der Waals surface area contributed by atoms with Crippen LogP contribution < -0.4 is 0 Å². The van der Waals surface area contributed by atoms with Gasteiger partial charge in [0.05, 0.1) is 11.6 Å². The van der Waals surface area contributed by atoms with Crippen LogP contribution in [0.2, 0.25) is 0 Å². The smallest absolute Gasteiger partial charge is 0.181 e. The molecule has 0 aliphatic carbocycles. The van der Waals surface area contributed by atoms with Crippen molar-refractivity contribution in [3.05, 3.63) is 17.8 Å². The Morgan fingerprint density at radius 3 is 3.15 bits per heavy atom. The van der Waals surface area contributed by atoms with Crippen LogP contribution in [-0.4, -0.2) is 11.6 Å². The van der Waals surface area contributed by atoms with E-state index in [0.717, 1.165) is 30.9 Å². The van der Waals surface area contributed by atoms with Gasteiger partial charge in [0.25, 0.3) is 0 Å². The maximum atomic E-state index is 5.71. The third kappa shape index (κ3) is 1.86. The Bertz CT molecular complexity index is 268. The molecule has 4 heteroatoms. The maximum Gasteiger partial charge on any atom is 0.181 e. The molecule has 0 N–H and O–H groups in total. The van der Waals surface area contributed by atoms with Crippen LogP contribution in [0.4, 0.5) is 0 Å². The van der Waals surface area contributed by atoms with Gasteiger partial charge < -0.3 is 9.15 Å². The average Bonchev–Trinajstić information content (AvgIpc) is 2.67. The number of aromatic nitrogens is 1. The third-order valence-corrected chi connectivity index (χ3v) is 2.52. The summed E-state index contributed by atoms with van der Waals surface area (Å²) in [6.45, 7) is 0.813. The third-order valence-electron chi connectivity index (χ3n) is 2.27. The normalized spacial score (nSPS) is 23.3. The van der Waals surface area contributed by atoms with E-state index in [1.54, 1.807) is 0 Å². The lowest BCUT2D eigenvalue weighted by Crippen LogP contribution is -2.12. The van der Waals surface area contributed by atoms with Crippen LogP contribution in [-0.2, 0) is 10.6 Å². The Morgan fingerprint density at radius 2 is 2.46 bits per heavy atom. The second-order valence-electron chi connectivity index (χ2n) is 3.15. The Balaban J connectivity index is 2.13. The van der Waals surface area contributed by atoms with Gasteiger partial charge >= 0.3 is 0 Å². The summed E-state index contributed by atoms with van der Waals surface area (Å²) in [6.07, 6.45) is 4.85. The Morgan fingerprint density at radius 1 is 1.54 bits per heavy atom. The summed E-state index contributed by atoms with van der Waals surface area (Å²) in [5.74, 6) is 1.21. The second-order valence-corrected chi connectivity index (χ2v) is 3.42. The van der Waals surface area contributed by atoms with Crippen LogP contribution in [0.1, 0.15) is 36.8 Å². The highest BCUT2D eigenvalue weighted by molar-refractivity contribution is 6.16. The zero-order valence-electron chi connectivity index (χ0n) is 7.33. The minimum absolute atomic E-state index is 0.0741. The minimum Gasteiger partial charge on any atom is -0.445 e. The van der Waals surface area contributed by atoms with Gasteiger partial charge in [-0.2, -0.15) is 0 Å². The summed E-state index contributed by atoms with van der Waals surface area (Å²) in [5, 5.41) is 0. The predicted molar refractivity (Wildman–Crippen MR) is 48.6 cm³/mol. The highest BCUT2D eigenvalue weighted by atomic mass is 35.5. The molecular weight excluding hydrogens is 190 g/mol. The molecule has 0 radical (unpaired) electrons. The van der Waals surface area contributed by atoms with Crippen LogP contribution in [0.15, 0.2) is 10.8 Å². The molecule has 0 amide bonds. The lowest BCUT2D eigenvalue weighted by molar-refractivity contribution is 0.00134. The molecule has 2 heterocycles. The molecule has 0 saturated carbocycles. The highest BCUT2D eigenvalue weighted by Gasteiger charge is 2.22. The van der Waals surface area contributed by atoms with E-state index in [4.69, 9.17) is 20.8 Å². The lowest BCUT2D eigenvalue weighted by Gasteiger charge is -2.20. The number of oxazole rings is 1. The molecule has 1 unspecified atom stereocenters. The van der Waals surface area contributed by atoms with Crippen LogP contribution >= 0.6 is 11.6 Å². The molecule has 1 aromatic rings. The van der Waals surface area contributed by atoms with E-state index in [2.05, 4.69) is 4.98 Å². The first-order valence-corrected chi connectivity index (χ1v) is 5.05. The van der Waals surface area contributed by atoms with Crippen LogP contribution in [0.5, 0.6) is 0 Å². The molecule has 1 fully saturated rings. The zero-order valence-corrected chi connectivity index (χ0v) is 8.09. The second kappa shape index (κ2) is 4.11. The Labute approximate surface area is 82.0 Å². The van der Waals surface area contributed by atoms with E-state index in [9.17, 15) is 0 Å². The molecule has 72 valence electrons. The van der Waals surface area contributed by atoms with Crippen molar-refractivity contribution in [1.29, 1.82) is 0 Å². The number of rotatable bonds is 2. The number of nitrogens with zero attached hydrogens (tertiary/aromatic N) is 1. The van der Waals surface area contributed by atoms with Crippen molar-refractivity contribution in [1.82, 2.24) is 4.98 Å². The maximum absolute atomic E-state index is 5.71. The van der Waals surface area contributed by atoms with Gasteiger partial charge in [0.1, 0.15) is 6.10 Å². The van der Waals surface area contributed by atoms with E-state index in [1.807, 2.05) is 0 Å². The summed E-state index contributed by atoms with van der Waals surface area (Å²) < 4.78 is 10.8. The van der Waals surface area contributed by atoms with Gasteiger partial charge in [-0.25, -0.2) is 4.98 Å². The number of ether oxygens (including phenoxy) is 1. The molecule has 0 bridgehead atoms. The topological polar surface area (TPSA) is 35.3 Å². The highest BCUT2D eigenvalue weighted by Crippen LogP contribution is 2.30. The molecule has 1 aliphatic heterocycles. The molecule has 2 rings (SSSR count). The van der Waals surface area contributed by atoms with E-state index >= 15 is 0 Å². The number of hydrogen-bond acceptors (Lipinski definition) is 3. The quantitative estimate of drug-likeness (QED) is 0.690. The van der Waals surface area contributed by atoms with E-state index < -0.39 is 0 Å². The molecule has 1 aromatic heterocycles. The molecule has 1 atom stereocenters. The largest absolute Gasteiger partial charge is 0.445 e. The summed E-state index contributed by atoms with van der Waals surface area (Å²) in [7, 11) is 0. The fraction of sp³-hybridized carbons (Fsp3) is 0.667. The molecule has 13 heavy (non-hydrogen) atoms. The number of halogens is 1. The minimum atomic E-state index is 0.0741. The van der Waals surface area contributed by atoms with Crippen molar-refractivity contribution >= 4 is 11.6 Å².